The highest BCUT2D eigenvalue weighted by molar-refractivity contribution is 6.31. The second-order valence-corrected chi connectivity index (χ2v) is 3.53. The highest BCUT2D eigenvalue weighted by atomic mass is 35.5. The van der Waals surface area contributed by atoms with E-state index in [1.807, 2.05) is 25.1 Å². The minimum absolute atomic E-state index is 0.0277. The van der Waals surface area contributed by atoms with Gasteiger partial charge in [-0.05, 0) is 18.1 Å². The first-order valence-electron chi connectivity index (χ1n) is 4.74. The molecule has 0 heterocycles. The van der Waals surface area contributed by atoms with Gasteiger partial charge < -0.3 is 5.32 Å². The number of benzene rings is 1. The first-order valence-corrected chi connectivity index (χ1v) is 5.12. The van der Waals surface area contributed by atoms with Crippen LogP contribution in [-0.2, 0) is 11.2 Å². The van der Waals surface area contributed by atoms with Gasteiger partial charge in [0.2, 0.25) is 5.91 Å². The molecule has 1 aromatic rings. The van der Waals surface area contributed by atoms with E-state index < -0.39 is 0 Å². The fourth-order valence-corrected chi connectivity index (χ4v) is 1.34. The van der Waals surface area contributed by atoms with Gasteiger partial charge in [0, 0.05) is 11.6 Å². The monoisotopic (exact) mass is 211 g/mol. The zero-order chi connectivity index (χ0) is 10.4. The quantitative estimate of drug-likeness (QED) is 0.814. The number of hydrogen-bond donors (Lipinski definition) is 1. The van der Waals surface area contributed by atoms with E-state index in [0.29, 0.717) is 11.4 Å². The minimum Gasteiger partial charge on any atom is -0.356 e. The molecule has 76 valence electrons. The first kappa shape index (κ1) is 11.1. The minimum atomic E-state index is 0.0277. The molecule has 1 N–H and O–H groups in total. The van der Waals surface area contributed by atoms with Gasteiger partial charge in [0.25, 0.3) is 0 Å². The molecule has 2 nitrogen and oxygen atoms in total. The molecule has 1 rings (SSSR count). The second-order valence-electron chi connectivity index (χ2n) is 3.12. The number of halogens is 1. The van der Waals surface area contributed by atoms with E-state index in [1.165, 1.54) is 0 Å². The molecule has 0 aliphatic carbocycles. The third-order valence-electron chi connectivity index (χ3n) is 1.88. The van der Waals surface area contributed by atoms with Gasteiger partial charge in [0.1, 0.15) is 0 Å². The van der Waals surface area contributed by atoms with Gasteiger partial charge in [-0.3, -0.25) is 4.79 Å². The van der Waals surface area contributed by atoms with Crippen LogP contribution in [0.2, 0.25) is 5.02 Å². The van der Waals surface area contributed by atoms with E-state index >= 15 is 0 Å². The smallest absolute Gasteiger partial charge is 0.224 e. The lowest BCUT2D eigenvalue weighted by molar-refractivity contribution is -0.120. The Hall–Kier alpha value is -1.02. The van der Waals surface area contributed by atoms with Crippen molar-refractivity contribution in [1.29, 1.82) is 0 Å². The zero-order valence-electron chi connectivity index (χ0n) is 8.22. The van der Waals surface area contributed by atoms with Gasteiger partial charge in [0.05, 0.1) is 6.42 Å². The van der Waals surface area contributed by atoms with Crippen LogP contribution in [0.15, 0.2) is 24.3 Å². The molecule has 3 heteroatoms. The number of rotatable bonds is 4. The summed E-state index contributed by atoms with van der Waals surface area (Å²) in [6.45, 7) is 2.75. The summed E-state index contributed by atoms with van der Waals surface area (Å²) in [7, 11) is 0. The van der Waals surface area contributed by atoms with Crippen LogP contribution < -0.4 is 5.32 Å². The largest absolute Gasteiger partial charge is 0.356 e. The predicted molar refractivity (Wildman–Crippen MR) is 58.5 cm³/mol. The van der Waals surface area contributed by atoms with Crippen molar-refractivity contribution in [2.75, 3.05) is 6.54 Å². The Bertz CT molecular complexity index is 312. The Kier molecular flexibility index (Phi) is 4.47. The number of nitrogens with one attached hydrogen (secondary N) is 1. The van der Waals surface area contributed by atoms with Gasteiger partial charge in [0.15, 0.2) is 0 Å². The van der Waals surface area contributed by atoms with Crippen molar-refractivity contribution < 1.29 is 4.79 Å². The summed E-state index contributed by atoms with van der Waals surface area (Å²) in [5, 5.41) is 3.46. The summed E-state index contributed by atoms with van der Waals surface area (Å²) in [6, 6.07) is 7.40. The van der Waals surface area contributed by atoms with Crippen molar-refractivity contribution in [3.8, 4) is 0 Å². The average Bonchev–Trinajstić information content (AvgIpc) is 2.18. The zero-order valence-corrected chi connectivity index (χ0v) is 8.97. The van der Waals surface area contributed by atoms with Gasteiger partial charge >= 0.3 is 0 Å². The Balaban J connectivity index is 2.52. The number of hydrogen-bond acceptors (Lipinski definition) is 1. The Labute approximate surface area is 89.3 Å². The Morgan fingerprint density at radius 2 is 2.14 bits per heavy atom. The van der Waals surface area contributed by atoms with Crippen molar-refractivity contribution >= 4 is 17.5 Å². The fraction of sp³-hybridized carbons (Fsp3) is 0.364. The molecule has 0 spiro atoms. The number of amides is 1. The van der Waals surface area contributed by atoms with Crippen molar-refractivity contribution in [3.05, 3.63) is 34.9 Å². The molecular weight excluding hydrogens is 198 g/mol. The molecule has 14 heavy (non-hydrogen) atoms. The average molecular weight is 212 g/mol. The van der Waals surface area contributed by atoms with Crippen molar-refractivity contribution in [2.24, 2.45) is 0 Å². The Morgan fingerprint density at radius 1 is 1.43 bits per heavy atom. The molecule has 0 saturated carbocycles. The molecule has 0 unspecified atom stereocenters. The normalized spacial score (nSPS) is 9.86. The SMILES string of the molecule is CCCNC(=O)Cc1ccccc1Cl. The van der Waals surface area contributed by atoms with E-state index in [2.05, 4.69) is 5.32 Å². The lowest BCUT2D eigenvalue weighted by atomic mass is 10.1. The Morgan fingerprint density at radius 3 is 2.79 bits per heavy atom. The lowest BCUT2D eigenvalue weighted by Gasteiger charge is -2.04. The van der Waals surface area contributed by atoms with Crippen LogP contribution in [-0.4, -0.2) is 12.5 Å². The maximum Gasteiger partial charge on any atom is 0.224 e. The van der Waals surface area contributed by atoms with Crippen molar-refractivity contribution in [2.45, 2.75) is 19.8 Å². The lowest BCUT2D eigenvalue weighted by Crippen LogP contribution is -2.25. The fourth-order valence-electron chi connectivity index (χ4n) is 1.14. The molecule has 0 radical (unpaired) electrons. The van der Waals surface area contributed by atoms with Gasteiger partial charge in [-0.1, -0.05) is 36.7 Å². The predicted octanol–water partition coefficient (Wildman–Crippen LogP) is 2.41. The molecule has 0 aliphatic heterocycles. The molecule has 0 aromatic heterocycles. The molecule has 1 amide bonds. The molecule has 0 saturated heterocycles. The van der Waals surface area contributed by atoms with Crippen LogP contribution in [0, 0.1) is 0 Å². The summed E-state index contributed by atoms with van der Waals surface area (Å²) in [6.07, 6.45) is 1.31. The molecule has 1 aromatic carbocycles. The molecule has 0 atom stereocenters. The molecule has 0 bridgehead atoms. The van der Waals surface area contributed by atoms with Crippen molar-refractivity contribution in [3.63, 3.8) is 0 Å². The molecule has 0 aliphatic rings. The summed E-state index contributed by atoms with van der Waals surface area (Å²) in [5.74, 6) is 0.0277. The summed E-state index contributed by atoms with van der Waals surface area (Å²) >= 11 is 5.92. The summed E-state index contributed by atoms with van der Waals surface area (Å²) in [4.78, 5) is 11.4. The maximum absolute atomic E-state index is 11.4. The number of carbonyl (C=O) groups excluding carboxylic acids is 1. The highest BCUT2D eigenvalue weighted by Crippen LogP contribution is 2.14. The molecular formula is C11H14ClNO. The topological polar surface area (TPSA) is 29.1 Å². The molecule has 0 fully saturated rings. The van der Waals surface area contributed by atoms with Gasteiger partial charge in [-0.15, -0.1) is 0 Å². The first-order chi connectivity index (χ1) is 6.74. The van der Waals surface area contributed by atoms with Crippen LogP contribution in [0.5, 0.6) is 0 Å². The second kappa shape index (κ2) is 5.66. The summed E-state index contributed by atoms with van der Waals surface area (Å²) < 4.78 is 0. The van der Waals surface area contributed by atoms with Crippen molar-refractivity contribution in [1.82, 2.24) is 5.32 Å². The summed E-state index contributed by atoms with van der Waals surface area (Å²) in [5.41, 5.74) is 0.878. The van der Waals surface area contributed by atoms with E-state index in [-0.39, 0.29) is 5.91 Å². The van der Waals surface area contributed by atoms with Gasteiger partial charge in [-0.2, -0.15) is 0 Å². The highest BCUT2D eigenvalue weighted by Gasteiger charge is 2.04. The van der Waals surface area contributed by atoms with Crippen LogP contribution in [0.1, 0.15) is 18.9 Å². The maximum atomic E-state index is 11.4. The van der Waals surface area contributed by atoms with E-state index in [4.69, 9.17) is 11.6 Å². The van der Waals surface area contributed by atoms with Crippen LogP contribution in [0.3, 0.4) is 0 Å². The van der Waals surface area contributed by atoms with Crippen LogP contribution >= 0.6 is 11.6 Å². The third kappa shape index (κ3) is 3.38. The van der Waals surface area contributed by atoms with E-state index in [0.717, 1.165) is 18.5 Å². The third-order valence-corrected chi connectivity index (χ3v) is 2.25. The standard InChI is InChI=1S/C11H14ClNO/c1-2-7-13-11(14)8-9-5-3-4-6-10(9)12/h3-6H,2,7-8H2,1H3,(H,13,14). The van der Waals surface area contributed by atoms with Crippen LogP contribution in [0.25, 0.3) is 0 Å². The van der Waals surface area contributed by atoms with Gasteiger partial charge in [-0.25, -0.2) is 0 Å². The van der Waals surface area contributed by atoms with Crippen LogP contribution in [0.4, 0.5) is 0 Å². The number of carbonyl (C=O) groups is 1. The van der Waals surface area contributed by atoms with E-state index in [9.17, 15) is 4.79 Å². The van der Waals surface area contributed by atoms with E-state index in [1.54, 1.807) is 6.07 Å².